The molecule has 1 N–H and O–H groups in total. The van der Waals surface area contributed by atoms with Crippen LogP contribution >= 0.6 is 0 Å². The second-order valence-electron chi connectivity index (χ2n) is 8.95. The first-order valence-corrected chi connectivity index (χ1v) is 12.9. The summed E-state index contributed by atoms with van der Waals surface area (Å²) in [6.45, 7) is 5.91. The third kappa shape index (κ3) is 6.05. The van der Waals surface area contributed by atoms with Crippen molar-refractivity contribution < 1.29 is 27.2 Å². The highest BCUT2D eigenvalue weighted by Gasteiger charge is 2.40. The van der Waals surface area contributed by atoms with E-state index >= 15 is 0 Å². The van der Waals surface area contributed by atoms with Crippen LogP contribution in [0.25, 0.3) is 0 Å². The van der Waals surface area contributed by atoms with Gasteiger partial charge in [-0.05, 0) is 49.1 Å². The molecule has 1 unspecified atom stereocenters. The van der Waals surface area contributed by atoms with Crippen LogP contribution in [0.4, 0.5) is 4.39 Å². The zero-order valence-corrected chi connectivity index (χ0v) is 20.8. The zero-order valence-electron chi connectivity index (χ0n) is 20.0. The van der Waals surface area contributed by atoms with Crippen molar-refractivity contribution in [3.8, 4) is 0 Å². The number of carbonyl (C=O) groups excluding carboxylic acids is 3. The van der Waals surface area contributed by atoms with Crippen molar-refractivity contribution in [2.45, 2.75) is 51.1 Å². The number of amides is 3. The summed E-state index contributed by atoms with van der Waals surface area (Å²) in [5.41, 5.74) is 0.767. The van der Waals surface area contributed by atoms with Gasteiger partial charge in [0.05, 0.1) is 5.56 Å². The summed E-state index contributed by atoms with van der Waals surface area (Å²) in [4.78, 5) is 39.8. The molecule has 1 heterocycles. The number of carbonyl (C=O) groups is 3. The van der Waals surface area contributed by atoms with E-state index in [-0.39, 0.29) is 54.1 Å². The Morgan fingerprint density at radius 2 is 1.71 bits per heavy atom. The fraction of sp³-hybridized carbons (Fsp3) is 0.400. The Kier molecular flexibility index (Phi) is 8.26. The summed E-state index contributed by atoms with van der Waals surface area (Å²) in [7, 11) is -3.95. The van der Waals surface area contributed by atoms with Gasteiger partial charge in [-0.1, -0.05) is 38.1 Å². The van der Waals surface area contributed by atoms with Crippen molar-refractivity contribution >= 4 is 27.7 Å². The standard InChI is InChI=1S/C25H30FN3O5S/c1-17(2)15-27-24(31)18(3)28(16-19-10-12-20(26)13-11-19)23(30)9-6-14-29-25(32)21-7-4-5-8-22(21)35(29,33)34/h4-5,7-8,10-13,17-18H,6,9,14-16H2,1-3H3,(H,27,31). The lowest BCUT2D eigenvalue weighted by molar-refractivity contribution is -0.140. The van der Waals surface area contributed by atoms with Crippen LogP contribution in [0.3, 0.4) is 0 Å². The average Bonchev–Trinajstić information content (AvgIpc) is 3.02. The number of nitrogens with one attached hydrogen (secondary N) is 1. The van der Waals surface area contributed by atoms with E-state index in [9.17, 15) is 27.2 Å². The molecule has 10 heteroatoms. The van der Waals surface area contributed by atoms with E-state index in [1.165, 1.54) is 29.2 Å². The van der Waals surface area contributed by atoms with E-state index in [2.05, 4.69) is 5.32 Å². The molecule has 8 nitrogen and oxygen atoms in total. The number of fused-ring (bicyclic) bond motifs is 1. The lowest BCUT2D eigenvalue weighted by Gasteiger charge is -2.29. The summed E-state index contributed by atoms with van der Waals surface area (Å²) in [5.74, 6) is -1.48. The lowest BCUT2D eigenvalue weighted by atomic mass is 10.1. The van der Waals surface area contributed by atoms with E-state index in [0.717, 1.165) is 4.31 Å². The molecule has 1 atom stereocenters. The van der Waals surface area contributed by atoms with E-state index < -0.39 is 27.8 Å². The van der Waals surface area contributed by atoms with Crippen LogP contribution in [0.2, 0.25) is 0 Å². The number of benzene rings is 2. The predicted octanol–water partition coefficient (Wildman–Crippen LogP) is 2.94. The average molecular weight is 504 g/mol. The van der Waals surface area contributed by atoms with Crippen LogP contribution in [-0.4, -0.2) is 54.5 Å². The molecule has 0 aliphatic carbocycles. The van der Waals surface area contributed by atoms with E-state index in [1.54, 1.807) is 31.2 Å². The first-order chi connectivity index (χ1) is 16.5. The second-order valence-corrected chi connectivity index (χ2v) is 10.8. The quantitative estimate of drug-likeness (QED) is 0.537. The minimum atomic E-state index is -3.95. The van der Waals surface area contributed by atoms with Crippen LogP contribution < -0.4 is 5.32 Å². The maximum atomic E-state index is 13.3. The number of rotatable bonds is 10. The molecule has 0 saturated carbocycles. The van der Waals surface area contributed by atoms with Gasteiger partial charge in [0.15, 0.2) is 0 Å². The van der Waals surface area contributed by atoms with Gasteiger partial charge in [-0.3, -0.25) is 14.4 Å². The van der Waals surface area contributed by atoms with Gasteiger partial charge in [0.1, 0.15) is 16.8 Å². The molecule has 0 fully saturated rings. The van der Waals surface area contributed by atoms with Crippen molar-refractivity contribution in [1.82, 2.24) is 14.5 Å². The van der Waals surface area contributed by atoms with Gasteiger partial charge in [0.2, 0.25) is 11.8 Å². The van der Waals surface area contributed by atoms with Crippen molar-refractivity contribution in [3.05, 3.63) is 65.5 Å². The van der Waals surface area contributed by atoms with Crippen molar-refractivity contribution in [2.24, 2.45) is 5.92 Å². The van der Waals surface area contributed by atoms with Crippen LogP contribution in [0.15, 0.2) is 53.4 Å². The minimum absolute atomic E-state index is 0.0373. The molecule has 1 aliphatic heterocycles. The van der Waals surface area contributed by atoms with Crippen molar-refractivity contribution in [3.63, 3.8) is 0 Å². The first-order valence-electron chi connectivity index (χ1n) is 11.5. The molecule has 0 saturated heterocycles. The monoisotopic (exact) mass is 503 g/mol. The predicted molar refractivity (Wildman–Crippen MR) is 128 cm³/mol. The molecule has 2 aromatic rings. The van der Waals surface area contributed by atoms with Crippen LogP contribution in [-0.2, 0) is 26.2 Å². The first kappa shape index (κ1) is 26.3. The van der Waals surface area contributed by atoms with Gasteiger partial charge >= 0.3 is 0 Å². The Hall–Kier alpha value is -3.27. The van der Waals surface area contributed by atoms with Gasteiger partial charge in [-0.25, -0.2) is 17.1 Å². The Balaban J connectivity index is 1.69. The summed E-state index contributed by atoms with van der Waals surface area (Å²) in [6.07, 6.45) is 0.0245. The molecule has 0 aromatic heterocycles. The number of sulfonamides is 1. The smallest absolute Gasteiger partial charge is 0.269 e. The summed E-state index contributed by atoms with van der Waals surface area (Å²) < 4.78 is 39.6. The molecule has 3 amide bonds. The summed E-state index contributed by atoms with van der Waals surface area (Å²) >= 11 is 0. The second kappa shape index (κ2) is 11.0. The molecule has 2 aromatic carbocycles. The highest BCUT2D eigenvalue weighted by molar-refractivity contribution is 7.90. The molecular formula is C25H30FN3O5S. The molecule has 1 aliphatic rings. The van der Waals surface area contributed by atoms with Gasteiger partial charge in [-0.15, -0.1) is 0 Å². The van der Waals surface area contributed by atoms with Crippen LogP contribution in [0.1, 0.15) is 49.5 Å². The largest absolute Gasteiger partial charge is 0.354 e. The number of nitrogens with zero attached hydrogens (tertiary/aromatic N) is 2. The highest BCUT2D eigenvalue weighted by atomic mass is 32.2. The van der Waals surface area contributed by atoms with Gasteiger partial charge in [-0.2, -0.15) is 0 Å². The Morgan fingerprint density at radius 1 is 1.06 bits per heavy atom. The fourth-order valence-corrected chi connectivity index (χ4v) is 5.40. The minimum Gasteiger partial charge on any atom is -0.354 e. The topological polar surface area (TPSA) is 104 Å². The number of hydrogen-bond acceptors (Lipinski definition) is 5. The van der Waals surface area contributed by atoms with Crippen molar-refractivity contribution in [2.75, 3.05) is 13.1 Å². The molecule has 0 bridgehead atoms. The molecule has 35 heavy (non-hydrogen) atoms. The van der Waals surface area contributed by atoms with E-state index in [4.69, 9.17) is 0 Å². The third-order valence-corrected chi connectivity index (χ3v) is 7.62. The molecular weight excluding hydrogens is 473 g/mol. The number of hydrogen-bond donors (Lipinski definition) is 1. The molecule has 188 valence electrons. The third-order valence-electron chi connectivity index (χ3n) is 5.78. The van der Waals surface area contributed by atoms with Gasteiger partial charge in [0, 0.05) is 26.1 Å². The summed E-state index contributed by atoms with van der Waals surface area (Å²) in [5, 5.41) is 2.81. The lowest BCUT2D eigenvalue weighted by Crippen LogP contribution is -2.48. The Labute approximate surface area is 205 Å². The maximum Gasteiger partial charge on any atom is 0.269 e. The zero-order chi connectivity index (χ0) is 25.8. The van der Waals surface area contributed by atoms with Crippen LogP contribution in [0.5, 0.6) is 0 Å². The normalized spacial score (nSPS) is 15.1. The van der Waals surface area contributed by atoms with E-state index in [0.29, 0.717) is 12.1 Å². The Bertz CT molecular complexity index is 1200. The molecule has 3 rings (SSSR count). The number of halogens is 1. The molecule has 0 spiro atoms. The maximum absolute atomic E-state index is 13.3. The van der Waals surface area contributed by atoms with E-state index in [1.807, 2.05) is 13.8 Å². The summed E-state index contributed by atoms with van der Waals surface area (Å²) in [6, 6.07) is 10.8. The van der Waals surface area contributed by atoms with Gasteiger partial charge < -0.3 is 10.2 Å². The SMILES string of the molecule is CC(C)CNC(=O)C(C)N(Cc1ccc(F)cc1)C(=O)CCCN1C(=O)c2ccccc2S1(=O)=O. The molecule has 0 radical (unpaired) electrons. The highest BCUT2D eigenvalue weighted by Crippen LogP contribution is 2.30. The van der Waals surface area contributed by atoms with Gasteiger partial charge in [0.25, 0.3) is 15.9 Å². The Morgan fingerprint density at radius 3 is 2.34 bits per heavy atom. The fourth-order valence-electron chi connectivity index (χ4n) is 3.79. The van der Waals surface area contributed by atoms with Crippen LogP contribution in [0, 0.1) is 11.7 Å². The van der Waals surface area contributed by atoms with Crippen molar-refractivity contribution in [1.29, 1.82) is 0 Å².